The van der Waals surface area contributed by atoms with Gasteiger partial charge in [-0.05, 0) is 46.3 Å². The number of benzene rings is 1. The Bertz CT molecular complexity index is 617. The van der Waals surface area contributed by atoms with Crippen LogP contribution in [0.25, 0.3) is 0 Å². The van der Waals surface area contributed by atoms with Crippen LogP contribution in [0.15, 0.2) is 45.3 Å². The standard InChI is InChI=1S/C13H10Br2N2O2/c14-8-4-5-10(15)12(6-8)16-7-9-2-1-3-11(17-9)13(18)19/h1-6,16H,7H2,(H,18,19). The largest absolute Gasteiger partial charge is 0.477 e. The van der Waals surface area contributed by atoms with Crippen LogP contribution in [0.2, 0.25) is 0 Å². The predicted octanol–water partition coefficient (Wildman–Crippen LogP) is 3.92. The van der Waals surface area contributed by atoms with Crippen molar-refractivity contribution in [1.82, 2.24) is 4.98 Å². The van der Waals surface area contributed by atoms with Crippen LogP contribution in [0, 0.1) is 0 Å². The number of carboxylic acids is 1. The predicted molar refractivity (Wildman–Crippen MR) is 80.4 cm³/mol. The van der Waals surface area contributed by atoms with Crippen LogP contribution in [0.3, 0.4) is 0 Å². The maximum atomic E-state index is 10.8. The van der Waals surface area contributed by atoms with Gasteiger partial charge in [-0.1, -0.05) is 22.0 Å². The molecule has 1 aromatic carbocycles. The van der Waals surface area contributed by atoms with Crippen molar-refractivity contribution in [1.29, 1.82) is 0 Å². The van der Waals surface area contributed by atoms with Crippen LogP contribution in [-0.2, 0) is 6.54 Å². The summed E-state index contributed by atoms with van der Waals surface area (Å²) >= 11 is 6.84. The molecule has 2 rings (SSSR count). The molecule has 0 aliphatic carbocycles. The van der Waals surface area contributed by atoms with Crippen molar-refractivity contribution in [3.63, 3.8) is 0 Å². The first-order valence-corrected chi connectivity index (χ1v) is 7.03. The molecule has 0 aliphatic heterocycles. The van der Waals surface area contributed by atoms with Gasteiger partial charge in [0.05, 0.1) is 12.2 Å². The summed E-state index contributed by atoms with van der Waals surface area (Å²) < 4.78 is 1.90. The molecule has 0 saturated heterocycles. The Labute approximate surface area is 127 Å². The summed E-state index contributed by atoms with van der Waals surface area (Å²) in [5.74, 6) is -1.02. The molecule has 0 atom stereocenters. The minimum absolute atomic E-state index is 0.0487. The van der Waals surface area contributed by atoms with Gasteiger partial charge in [-0.3, -0.25) is 0 Å². The first-order chi connectivity index (χ1) is 9.06. The molecule has 1 aromatic heterocycles. The number of carbonyl (C=O) groups is 1. The van der Waals surface area contributed by atoms with E-state index in [0.717, 1.165) is 14.6 Å². The average Bonchev–Trinajstić information content (AvgIpc) is 2.40. The highest BCUT2D eigenvalue weighted by atomic mass is 79.9. The smallest absolute Gasteiger partial charge is 0.354 e. The van der Waals surface area contributed by atoms with Gasteiger partial charge in [0.1, 0.15) is 5.69 Å². The normalized spacial score (nSPS) is 10.2. The lowest BCUT2D eigenvalue weighted by Gasteiger charge is -2.09. The molecule has 0 spiro atoms. The molecule has 4 nitrogen and oxygen atoms in total. The number of pyridine rings is 1. The summed E-state index contributed by atoms with van der Waals surface area (Å²) in [5.41, 5.74) is 1.64. The molecule has 0 aliphatic rings. The van der Waals surface area contributed by atoms with Gasteiger partial charge >= 0.3 is 5.97 Å². The van der Waals surface area contributed by atoms with Crippen LogP contribution in [-0.4, -0.2) is 16.1 Å². The Morgan fingerprint density at radius 2 is 2.05 bits per heavy atom. The second kappa shape index (κ2) is 6.16. The fourth-order valence-corrected chi connectivity index (χ4v) is 2.26. The van der Waals surface area contributed by atoms with Gasteiger partial charge in [0, 0.05) is 14.6 Å². The van der Waals surface area contributed by atoms with Gasteiger partial charge < -0.3 is 10.4 Å². The minimum Gasteiger partial charge on any atom is -0.477 e. The third kappa shape index (κ3) is 3.78. The summed E-state index contributed by atoms with van der Waals surface area (Å²) in [5, 5.41) is 12.1. The molecule has 1 heterocycles. The third-order valence-electron chi connectivity index (χ3n) is 2.41. The van der Waals surface area contributed by atoms with Crippen molar-refractivity contribution < 1.29 is 9.90 Å². The lowest BCUT2D eigenvalue weighted by Crippen LogP contribution is -2.06. The highest BCUT2D eigenvalue weighted by Gasteiger charge is 2.06. The maximum absolute atomic E-state index is 10.8. The van der Waals surface area contributed by atoms with Gasteiger partial charge in [-0.2, -0.15) is 0 Å². The quantitative estimate of drug-likeness (QED) is 0.837. The fraction of sp³-hybridized carbons (Fsp3) is 0.0769. The molecule has 2 aromatic rings. The highest BCUT2D eigenvalue weighted by molar-refractivity contribution is 9.11. The summed E-state index contributed by atoms with van der Waals surface area (Å²) in [6.45, 7) is 0.455. The topological polar surface area (TPSA) is 62.2 Å². The lowest BCUT2D eigenvalue weighted by molar-refractivity contribution is 0.0690. The molecule has 0 unspecified atom stereocenters. The molecular weight excluding hydrogens is 376 g/mol. The van der Waals surface area contributed by atoms with E-state index in [4.69, 9.17) is 5.11 Å². The number of nitrogens with one attached hydrogen (secondary N) is 1. The zero-order valence-electron chi connectivity index (χ0n) is 9.73. The Balaban J connectivity index is 2.12. The molecule has 0 fully saturated rings. The summed E-state index contributed by atoms with van der Waals surface area (Å²) in [4.78, 5) is 14.9. The number of hydrogen-bond donors (Lipinski definition) is 2. The molecule has 0 amide bonds. The maximum Gasteiger partial charge on any atom is 0.354 e. The van der Waals surface area contributed by atoms with Crippen molar-refractivity contribution in [2.45, 2.75) is 6.54 Å². The van der Waals surface area contributed by atoms with E-state index in [-0.39, 0.29) is 5.69 Å². The molecule has 2 N–H and O–H groups in total. The summed E-state index contributed by atoms with van der Waals surface area (Å²) in [6.07, 6.45) is 0. The SMILES string of the molecule is O=C(O)c1cccc(CNc2cc(Br)ccc2Br)n1. The minimum atomic E-state index is -1.02. The van der Waals surface area contributed by atoms with Crippen LogP contribution < -0.4 is 5.32 Å². The Morgan fingerprint density at radius 1 is 1.26 bits per heavy atom. The number of anilines is 1. The first kappa shape index (κ1) is 14.0. The second-order valence-electron chi connectivity index (χ2n) is 3.80. The molecule has 98 valence electrons. The summed E-state index contributed by atoms with van der Waals surface area (Å²) in [6, 6.07) is 10.7. The van der Waals surface area contributed by atoms with Crippen molar-refractivity contribution in [2.24, 2.45) is 0 Å². The van der Waals surface area contributed by atoms with Gasteiger partial charge in [0.25, 0.3) is 0 Å². The fourth-order valence-electron chi connectivity index (χ4n) is 1.52. The van der Waals surface area contributed by atoms with E-state index in [9.17, 15) is 4.79 Å². The zero-order valence-corrected chi connectivity index (χ0v) is 12.9. The van der Waals surface area contributed by atoms with Crippen molar-refractivity contribution in [2.75, 3.05) is 5.32 Å². The van der Waals surface area contributed by atoms with Crippen molar-refractivity contribution >= 4 is 43.5 Å². The number of carboxylic acid groups (broad SMARTS) is 1. The van der Waals surface area contributed by atoms with Crippen LogP contribution in [0.5, 0.6) is 0 Å². The number of aromatic carboxylic acids is 1. The van der Waals surface area contributed by atoms with E-state index in [0.29, 0.717) is 12.2 Å². The van der Waals surface area contributed by atoms with Crippen LogP contribution in [0.4, 0.5) is 5.69 Å². The molecule has 6 heteroatoms. The number of nitrogens with zero attached hydrogens (tertiary/aromatic N) is 1. The number of rotatable bonds is 4. The summed E-state index contributed by atoms with van der Waals surface area (Å²) in [7, 11) is 0. The van der Waals surface area contributed by atoms with E-state index in [2.05, 4.69) is 42.2 Å². The Morgan fingerprint density at radius 3 is 2.79 bits per heavy atom. The first-order valence-electron chi connectivity index (χ1n) is 5.44. The molecule has 19 heavy (non-hydrogen) atoms. The molecule has 0 saturated carbocycles. The van der Waals surface area contributed by atoms with E-state index < -0.39 is 5.97 Å². The van der Waals surface area contributed by atoms with Gasteiger partial charge in [0.15, 0.2) is 0 Å². The Kier molecular flexibility index (Phi) is 4.55. The van der Waals surface area contributed by atoms with E-state index in [1.54, 1.807) is 12.1 Å². The average molecular weight is 386 g/mol. The van der Waals surface area contributed by atoms with Crippen molar-refractivity contribution in [3.05, 3.63) is 56.7 Å². The number of aromatic nitrogens is 1. The molecular formula is C13H10Br2N2O2. The molecule has 0 bridgehead atoms. The van der Waals surface area contributed by atoms with Crippen LogP contribution in [0.1, 0.15) is 16.2 Å². The van der Waals surface area contributed by atoms with E-state index >= 15 is 0 Å². The highest BCUT2D eigenvalue weighted by Crippen LogP contribution is 2.26. The lowest BCUT2D eigenvalue weighted by atomic mass is 10.2. The number of halogens is 2. The second-order valence-corrected chi connectivity index (χ2v) is 5.57. The van der Waals surface area contributed by atoms with Gasteiger partial charge in [-0.25, -0.2) is 9.78 Å². The zero-order chi connectivity index (χ0) is 13.8. The third-order valence-corrected chi connectivity index (χ3v) is 3.60. The van der Waals surface area contributed by atoms with E-state index in [1.807, 2.05) is 18.2 Å². The van der Waals surface area contributed by atoms with Gasteiger partial charge in [-0.15, -0.1) is 0 Å². The van der Waals surface area contributed by atoms with Crippen LogP contribution >= 0.6 is 31.9 Å². The monoisotopic (exact) mass is 384 g/mol. The molecule has 0 radical (unpaired) electrons. The number of hydrogen-bond acceptors (Lipinski definition) is 3. The van der Waals surface area contributed by atoms with Gasteiger partial charge in [0.2, 0.25) is 0 Å². The van der Waals surface area contributed by atoms with E-state index in [1.165, 1.54) is 6.07 Å². The van der Waals surface area contributed by atoms with Crippen molar-refractivity contribution in [3.8, 4) is 0 Å². The Hall–Kier alpha value is -1.40.